The van der Waals surface area contributed by atoms with E-state index in [1.807, 2.05) is 0 Å². The normalized spacial score (nSPS) is 36.9. The van der Waals surface area contributed by atoms with Crippen LogP contribution in [0.2, 0.25) is 0 Å². The second-order valence-corrected chi connectivity index (χ2v) is 4.31. The molecule has 14 heavy (non-hydrogen) atoms. The van der Waals surface area contributed by atoms with E-state index in [2.05, 4.69) is 4.52 Å². The quantitative estimate of drug-likeness (QED) is 0.518. The highest BCUT2D eigenvalue weighted by molar-refractivity contribution is 7.47. The van der Waals surface area contributed by atoms with Crippen molar-refractivity contribution in [2.75, 3.05) is 20.8 Å². The first kappa shape index (κ1) is 12.2. The van der Waals surface area contributed by atoms with Crippen LogP contribution in [0.5, 0.6) is 0 Å². The van der Waals surface area contributed by atoms with Gasteiger partial charge < -0.3 is 14.4 Å². The lowest BCUT2D eigenvalue weighted by atomic mass is 9.94. The van der Waals surface area contributed by atoms with E-state index in [-0.39, 0.29) is 6.61 Å². The van der Waals surface area contributed by atoms with E-state index in [1.165, 1.54) is 7.11 Å². The molecule has 2 unspecified atom stereocenters. The molecule has 1 aliphatic heterocycles. The fourth-order valence-electron chi connectivity index (χ4n) is 1.13. The average Bonchev–Trinajstić information content (AvgIpc) is 2.48. The van der Waals surface area contributed by atoms with Gasteiger partial charge in [-0.1, -0.05) is 0 Å². The van der Waals surface area contributed by atoms with Gasteiger partial charge in [-0.05, 0) is 0 Å². The Morgan fingerprint density at radius 2 is 2.21 bits per heavy atom. The van der Waals surface area contributed by atoms with Crippen LogP contribution in [-0.2, 0) is 23.1 Å². The molecule has 0 aliphatic carbocycles. The van der Waals surface area contributed by atoms with Crippen molar-refractivity contribution in [3.05, 3.63) is 0 Å². The van der Waals surface area contributed by atoms with Crippen LogP contribution >= 0.6 is 7.82 Å². The minimum atomic E-state index is -4.05. The van der Waals surface area contributed by atoms with Crippen LogP contribution in [0.15, 0.2) is 0 Å². The van der Waals surface area contributed by atoms with E-state index < -0.39 is 26.0 Å². The summed E-state index contributed by atoms with van der Waals surface area (Å²) in [5, 5.41) is 0. The van der Waals surface area contributed by atoms with Gasteiger partial charge in [0.25, 0.3) is 0 Å². The number of methoxy groups -OCH3 is 1. The zero-order valence-electron chi connectivity index (χ0n) is 7.95. The number of phosphoric acid groups is 1. The molecule has 0 saturated carbocycles. The summed E-state index contributed by atoms with van der Waals surface area (Å²) in [6, 6.07) is -0.782. The Hall–Kier alpha value is 0.0949. The van der Waals surface area contributed by atoms with Gasteiger partial charge in [-0.25, -0.2) is 4.57 Å². The van der Waals surface area contributed by atoms with Crippen LogP contribution in [-0.4, -0.2) is 51.8 Å². The molecule has 6 nitrogen and oxygen atoms in total. The lowest BCUT2D eigenvalue weighted by molar-refractivity contribution is 0.0126. The summed E-state index contributed by atoms with van der Waals surface area (Å²) in [6.07, 6.45) is -1.25. The highest BCUT2D eigenvalue weighted by Gasteiger charge is 2.40. The van der Waals surface area contributed by atoms with Crippen molar-refractivity contribution >= 4 is 15.7 Å². The Bertz CT molecular complexity index is 236. The molecule has 2 radical (unpaired) electrons. The lowest BCUT2D eigenvalue weighted by Gasteiger charge is -2.21. The largest absolute Gasteiger partial charge is 0.472 e. The molecule has 1 saturated heterocycles. The van der Waals surface area contributed by atoms with Crippen molar-refractivity contribution in [1.82, 2.24) is 0 Å². The molecular weight excluding hydrogens is 210 g/mol. The summed E-state index contributed by atoms with van der Waals surface area (Å²) >= 11 is 0. The van der Waals surface area contributed by atoms with Gasteiger partial charge in [-0.3, -0.25) is 9.05 Å². The van der Waals surface area contributed by atoms with Crippen LogP contribution in [0.1, 0.15) is 0 Å². The van der Waals surface area contributed by atoms with Crippen LogP contribution < -0.4 is 0 Å². The van der Waals surface area contributed by atoms with Crippen molar-refractivity contribution in [1.29, 1.82) is 0 Å². The van der Waals surface area contributed by atoms with E-state index in [1.54, 1.807) is 0 Å². The summed E-state index contributed by atoms with van der Waals surface area (Å²) in [6.45, 7) is 0.228. The van der Waals surface area contributed by atoms with Gasteiger partial charge in [0, 0.05) is 20.2 Å². The lowest BCUT2D eigenvalue weighted by Crippen LogP contribution is -2.34. The van der Waals surface area contributed by atoms with E-state index in [4.69, 9.17) is 26.7 Å². The molecule has 80 valence electrons. The van der Waals surface area contributed by atoms with Crippen molar-refractivity contribution in [2.45, 2.75) is 18.2 Å². The highest BCUT2D eigenvalue weighted by atomic mass is 31.2. The molecule has 1 aliphatic rings. The molecule has 0 spiro atoms. The number of phosphoric ester groups is 1. The Morgan fingerprint density at radius 3 is 2.71 bits per heavy atom. The third-order valence-corrected chi connectivity index (χ3v) is 2.90. The number of rotatable bonds is 4. The van der Waals surface area contributed by atoms with Crippen LogP contribution in [0.25, 0.3) is 0 Å². The predicted molar refractivity (Wildman–Crippen MR) is 48.0 cm³/mol. The molecular formula is C6H12BO6P. The van der Waals surface area contributed by atoms with Crippen molar-refractivity contribution in [3.63, 3.8) is 0 Å². The summed E-state index contributed by atoms with van der Waals surface area (Å²) in [7, 11) is 3.96. The van der Waals surface area contributed by atoms with Crippen molar-refractivity contribution in [3.8, 4) is 0 Å². The van der Waals surface area contributed by atoms with Gasteiger partial charge in [-0.15, -0.1) is 0 Å². The third kappa shape index (κ3) is 2.79. The van der Waals surface area contributed by atoms with Crippen LogP contribution in [0.3, 0.4) is 0 Å². The molecule has 1 fully saturated rings. The summed E-state index contributed by atoms with van der Waals surface area (Å²) < 4.78 is 30.1. The fraction of sp³-hybridized carbons (Fsp3) is 1.00. The minimum absolute atomic E-state index is 0.228. The molecule has 1 heterocycles. The Balaban J connectivity index is 2.61. The second-order valence-electron chi connectivity index (χ2n) is 2.79. The van der Waals surface area contributed by atoms with Gasteiger partial charge in [-0.2, -0.15) is 0 Å². The van der Waals surface area contributed by atoms with E-state index in [9.17, 15) is 4.57 Å². The molecule has 0 amide bonds. The molecule has 0 aromatic rings. The number of hydrogen-bond acceptors (Lipinski definition) is 5. The fourth-order valence-corrected chi connectivity index (χ4v) is 1.78. The predicted octanol–water partition coefficient (Wildman–Crippen LogP) is -0.342. The highest BCUT2D eigenvalue weighted by Crippen LogP contribution is 2.45. The molecule has 1 rings (SSSR count). The molecule has 1 N–H and O–H groups in total. The molecule has 0 aromatic heterocycles. The second kappa shape index (κ2) is 4.74. The van der Waals surface area contributed by atoms with E-state index in [0.29, 0.717) is 0 Å². The SMILES string of the molecule is [B][C@@H]1OCC(OC)[C@@H]1OP(=O)(O)OC. The monoisotopic (exact) mass is 222 g/mol. The van der Waals surface area contributed by atoms with Crippen molar-refractivity contribution in [2.24, 2.45) is 0 Å². The first-order chi connectivity index (χ1) is 6.50. The van der Waals surface area contributed by atoms with Gasteiger partial charge >= 0.3 is 7.82 Å². The first-order valence-electron chi connectivity index (χ1n) is 3.97. The van der Waals surface area contributed by atoms with Crippen LogP contribution in [0.4, 0.5) is 0 Å². The Kier molecular flexibility index (Phi) is 4.12. The zero-order chi connectivity index (χ0) is 10.8. The van der Waals surface area contributed by atoms with Crippen LogP contribution in [0, 0.1) is 0 Å². The summed E-state index contributed by atoms with van der Waals surface area (Å²) in [5.41, 5.74) is 0. The number of hydrogen-bond donors (Lipinski definition) is 1. The molecule has 0 bridgehead atoms. The number of ether oxygens (including phenoxy) is 2. The van der Waals surface area contributed by atoms with Gasteiger partial charge in [0.2, 0.25) is 0 Å². The minimum Gasteiger partial charge on any atom is -0.382 e. The van der Waals surface area contributed by atoms with Gasteiger partial charge in [0.05, 0.1) is 6.61 Å². The summed E-state index contributed by atoms with van der Waals surface area (Å²) in [4.78, 5) is 9.06. The molecule has 8 heteroatoms. The first-order valence-corrected chi connectivity index (χ1v) is 5.46. The van der Waals surface area contributed by atoms with E-state index in [0.717, 1.165) is 7.11 Å². The van der Waals surface area contributed by atoms with Gasteiger partial charge in [0.15, 0.2) is 0 Å². The maximum atomic E-state index is 11.1. The smallest absolute Gasteiger partial charge is 0.382 e. The van der Waals surface area contributed by atoms with Crippen molar-refractivity contribution < 1.29 is 28.0 Å². The Morgan fingerprint density at radius 1 is 1.57 bits per heavy atom. The summed E-state index contributed by atoms with van der Waals surface area (Å²) in [5.74, 6) is 0. The maximum Gasteiger partial charge on any atom is 0.472 e. The Labute approximate surface area is 83.5 Å². The third-order valence-electron chi connectivity index (χ3n) is 1.93. The standard InChI is InChI=1S/C6H12BO6P/c1-10-4-3-12-6(7)5(4)13-14(8,9)11-2/h4-6H,3H2,1-2H3,(H,8,9)/t4?,5-,6+/m0/s1. The zero-order valence-corrected chi connectivity index (χ0v) is 8.85. The topological polar surface area (TPSA) is 74.2 Å². The van der Waals surface area contributed by atoms with E-state index >= 15 is 0 Å². The van der Waals surface area contributed by atoms with Gasteiger partial charge in [0.1, 0.15) is 20.1 Å². The molecule has 4 atom stereocenters. The average molecular weight is 222 g/mol. The molecule has 0 aromatic carbocycles. The maximum absolute atomic E-state index is 11.1.